The van der Waals surface area contributed by atoms with Crippen molar-refractivity contribution in [3.63, 3.8) is 0 Å². The molecule has 19 heavy (non-hydrogen) atoms. The Morgan fingerprint density at radius 2 is 1.84 bits per heavy atom. The fourth-order valence-corrected chi connectivity index (χ4v) is 2.60. The number of pyridine rings is 1. The van der Waals surface area contributed by atoms with Crippen molar-refractivity contribution in [1.29, 1.82) is 5.41 Å². The molecule has 2 heterocycles. The molecular weight excluding hydrogens is 236 g/mol. The first-order chi connectivity index (χ1) is 9.16. The molecular formula is C15H16N4. The van der Waals surface area contributed by atoms with E-state index in [1.54, 1.807) is 6.20 Å². The van der Waals surface area contributed by atoms with Gasteiger partial charge in [0.15, 0.2) is 0 Å². The molecule has 0 amide bonds. The molecule has 2 aromatic rings. The van der Waals surface area contributed by atoms with Crippen LogP contribution in [0.2, 0.25) is 0 Å². The summed E-state index contributed by atoms with van der Waals surface area (Å²) < 4.78 is 0. The van der Waals surface area contributed by atoms with Gasteiger partial charge in [0, 0.05) is 19.3 Å². The number of nitrogens with one attached hydrogen (secondary N) is 1. The van der Waals surface area contributed by atoms with Crippen LogP contribution in [0.25, 0.3) is 0 Å². The smallest absolute Gasteiger partial charge is 0.140 e. The molecule has 1 aromatic heterocycles. The average molecular weight is 252 g/mol. The summed E-state index contributed by atoms with van der Waals surface area (Å²) in [6.45, 7) is 3.62. The van der Waals surface area contributed by atoms with Crippen LogP contribution in [-0.2, 0) is 13.1 Å². The molecule has 0 radical (unpaired) electrons. The van der Waals surface area contributed by atoms with Gasteiger partial charge in [-0.05, 0) is 29.7 Å². The predicted octanol–water partition coefficient (Wildman–Crippen LogP) is 2.19. The summed E-state index contributed by atoms with van der Waals surface area (Å²) >= 11 is 0. The van der Waals surface area contributed by atoms with E-state index in [-0.39, 0.29) is 5.84 Å². The first-order valence-corrected chi connectivity index (χ1v) is 6.28. The normalized spacial score (nSPS) is 13.4. The Labute approximate surface area is 112 Å². The first-order valence-electron chi connectivity index (χ1n) is 6.28. The molecule has 0 atom stereocenters. The van der Waals surface area contributed by atoms with Crippen molar-refractivity contribution in [3.05, 3.63) is 58.8 Å². The van der Waals surface area contributed by atoms with Crippen LogP contribution in [0.1, 0.15) is 22.3 Å². The number of rotatable bonds is 2. The Hall–Kier alpha value is -2.36. The van der Waals surface area contributed by atoms with Crippen LogP contribution >= 0.6 is 0 Å². The van der Waals surface area contributed by atoms with E-state index in [9.17, 15) is 0 Å². The van der Waals surface area contributed by atoms with E-state index < -0.39 is 0 Å². The first kappa shape index (κ1) is 11.7. The number of nitrogens with zero attached hydrogens (tertiary/aromatic N) is 2. The molecule has 0 spiro atoms. The number of hydrogen-bond acceptors (Lipinski definition) is 3. The number of hydrogen-bond donors (Lipinski definition) is 2. The van der Waals surface area contributed by atoms with Crippen LogP contribution in [0.3, 0.4) is 0 Å². The monoisotopic (exact) mass is 252 g/mol. The molecule has 1 aliphatic rings. The third-order valence-corrected chi connectivity index (χ3v) is 3.55. The van der Waals surface area contributed by atoms with Gasteiger partial charge in [-0.15, -0.1) is 0 Å². The Balaban J connectivity index is 2.02. The molecule has 0 saturated heterocycles. The third-order valence-electron chi connectivity index (χ3n) is 3.55. The van der Waals surface area contributed by atoms with Crippen molar-refractivity contribution in [3.8, 4) is 0 Å². The number of anilines is 1. The van der Waals surface area contributed by atoms with Gasteiger partial charge in [-0.25, -0.2) is 4.98 Å². The van der Waals surface area contributed by atoms with Gasteiger partial charge in [-0.1, -0.05) is 24.3 Å². The number of nitrogen functional groups attached to an aromatic ring is 1. The Bertz CT molecular complexity index is 623. The second-order valence-electron chi connectivity index (χ2n) is 4.86. The summed E-state index contributed by atoms with van der Waals surface area (Å²) in [7, 11) is 0. The molecule has 0 unspecified atom stereocenters. The highest BCUT2D eigenvalue weighted by Gasteiger charge is 2.23. The zero-order valence-corrected chi connectivity index (χ0v) is 10.9. The van der Waals surface area contributed by atoms with Crippen molar-refractivity contribution in [2.45, 2.75) is 20.0 Å². The van der Waals surface area contributed by atoms with E-state index in [4.69, 9.17) is 11.1 Å². The lowest BCUT2D eigenvalue weighted by Crippen LogP contribution is -2.23. The van der Waals surface area contributed by atoms with Crippen LogP contribution in [0.4, 0.5) is 5.82 Å². The molecule has 1 aromatic carbocycles. The molecule has 0 fully saturated rings. The molecule has 0 bridgehead atoms. The second kappa shape index (κ2) is 4.39. The number of amidine groups is 1. The second-order valence-corrected chi connectivity index (χ2v) is 4.86. The highest BCUT2D eigenvalue weighted by molar-refractivity contribution is 6.01. The van der Waals surface area contributed by atoms with Crippen molar-refractivity contribution in [2.75, 3.05) is 4.90 Å². The molecule has 4 nitrogen and oxygen atoms in total. The topological polar surface area (TPSA) is 66.0 Å². The van der Waals surface area contributed by atoms with Gasteiger partial charge in [0.1, 0.15) is 11.7 Å². The van der Waals surface area contributed by atoms with Gasteiger partial charge < -0.3 is 10.6 Å². The maximum atomic E-state index is 7.75. The summed E-state index contributed by atoms with van der Waals surface area (Å²) in [6, 6.07) is 10.3. The zero-order valence-electron chi connectivity index (χ0n) is 10.9. The largest absolute Gasteiger partial charge is 0.384 e. The fourth-order valence-electron chi connectivity index (χ4n) is 2.60. The number of benzene rings is 1. The minimum atomic E-state index is 0.0801. The predicted molar refractivity (Wildman–Crippen MR) is 76.3 cm³/mol. The molecule has 3 N–H and O–H groups in total. The van der Waals surface area contributed by atoms with Crippen molar-refractivity contribution >= 4 is 11.7 Å². The SMILES string of the molecule is Cc1ccnc(N2Cc3ccccc3C2)c1C(=N)N. The van der Waals surface area contributed by atoms with Crippen LogP contribution in [-0.4, -0.2) is 10.8 Å². The quantitative estimate of drug-likeness (QED) is 0.636. The third kappa shape index (κ3) is 1.95. The van der Waals surface area contributed by atoms with Gasteiger partial charge in [0.2, 0.25) is 0 Å². The molecule has 96 valence electrons. The van der Waals surface area contributed by atoms with Gasteiger partial charge >= 0.3 is 0 Å². The molecule has 1 aliphatic heterocycles. The van der Waals surface area contributed by atoms with Gasteiger partial charge in [0.05, 0.1) is 5.56 Å². The number of fused-ring (bicyclic) bond motifs is 1. The number of aryl methyl sites for hydroxylation is 1. The Morgan fingerprint density at radius 3 is 2.42 bits per heavy atom. The van der Waals surface area contributed by atoms with Gasteiger partial charge in [-0.3, -0.25) is 5.41 Å². The summed E-state index contributed by atoms with van der Waals surface area (Å²) in [5.41, 5.74) is 10.1. The number of nitrogens with two attached hydrogens (primary N) is 1. The van der Waals surface area contributed by atoms with Crippen molar-refractivity contribution in [2.24, 2.45) is 5.73 Å². The Morgan fingerprint density at radius 1 is 1.21 bits per heavy atom. The van der Waals surface area contributed by atoms with Crippen molar-refractivity contribution < 1.29 is 0 Å². The fraction of sp³-hybridized carbons (Fsp3) is 0.200. The lowest BCUT2D eigenvalue weighted by atomic mass is 10.1. The molecule has 0 aliphatic carbocycles. The maximum absolute atomic E-state index is 7.75. The van der Waals surface area contributed by atoms with E-state index in [0.717, 1.165) is 30.0 Å². The van der Waals surface area contributed by atoms with E-state index in [0.29, 0.717) is 0 Å². The summed E-state index contributed by atoms with van der Waals surface area (Å²) in [5, 5.41) is 7.75. The lowest BCUT2D eigenvalue weighted by Gasteiger charge is -2.20. The summed E-state index contributed by atoms with van der Waals surface area (Å²) in [5.74, 6) is 0.889. The van der Waals surface area contributed by atoms with E-state index in [2.05, 4.69) is 34.1 Å². The lowest BCUT2D eigenvalue weighted by molar-refractivity contribution is 0.853. The van der Waals surface area contributed by atoms with Crippen molar-refractivity contribution in [1.82, 2.24) is 4.98 Å². The van der Waals surface area contributed by atoms with Crippen LogP contribution in [0.5, 0.6) is 0 Å². The van der Waals surface area contributed by atoms with E-state index in [1.807, 2.05) is 13.0 Å². The standard InChI is InChI=1S/C15H16N4/c1-10-6-7-18-15(13(10)14(16)17)19-8-11-4-2-3-5-12(11)9-19/h2-7H,8-9H2,1H3,(H3,16,17). The summed E-state index contributed by atoms with van der Waals surface area (Å²) in [4.78, 5) is 6.61. The molecule has 0 saturated carbocycles. The highest BCUT2D eigenvalue weighted by atomic mass is 15.2. The van der Waals surface area contributed by atoms with E-state index >= 15 is 0 Å². The van der Waals surface area contributed by atoms with E-state index in [1.165, 1.54) is 11.1 Å². The van der Waals surface area contributed by atoms with Crippen LogP contribution < -0.4 is 10.6 Å². The Kier molecular flexibility index (Phi) is 2.71. The minimum Gasteiger partial charge on any atom is -0.384 e. The van der Waals surface area contributed by atoms with Crippen LogP contribution in [0.15, 0.2) is 36.5 Å². The molecule has 4 heteroatoms. The summed E-state index contributed by atoms with van der Waals surface area (Å²) in [6.07, 6.45) is 1.78. The number of aromatic nitrogens is 1. The zero-order chi connectivity index (χ0) is 13.4. The van der Waals surface area contributed by atoms with Gasteiger partial charge in [-0.2, -0.15) is 0 Å². The van der Waals surface area contributed by atoms with Gasteiger partial charge in [0.25, 0.3) is 0 Å². The minimum absolute atomic E-state index is 0.0801. The average Bonchev–Trinajstić information content (AvgIpc) is 2.81. The highest BCUT2D eigenvalue weighted by Crippen LogP contribution is 2.29. The maximum Gasteiger partial charge on any atom is 0.140 e. The molecule has 3 rings (SSSR count). The van der Waals surface area contributed by atoms with Crippen LogP contribution in [0, 0.1) is 12.3 Å².